The molecule has 0 aliphatic heterocycles. The summed E-state index contributed by atoms with van der Waals surface area (Å²) in [7, 11) is 0. The van der Waals surface area contributed by atoms with Crippen LogP contribution < -0.4 is 5.32 Å². The van der Waals surface area contributed by atoms with Gasteiger partial charge in [-0.25, -0.2) is 8.78 Å². The molecule has 0 radical (unpaired) electrons. The molecule has 1 aromatic rings. The highest BCUT2D eigenvalue weighted by Crippen LogP contribution is 2.37. The van der Waals surface area contributed by atoms with Gasteiger partial charge in [0.25, 0.3) is 0 Å². The van der Waals surface area contributed by atoms with Crippen molar-refractivity contribution in [2.24, 2.45) is 0 Å². The molecule has 0 aromatic heterocycles. The minimum Gasteiger partial charge on any atom is -0.311 e. The fourth-order valence-electron chi connectivity index (χ4n) is 2.73. The predicted molar refractivity (Wildman–Crippen MR) is 77.4 cm³/mol. The molecule has 0 amide bonds. The van der Waals surface area contributed by atoms with Crippen molar-refractivity contribution in [2.75, 3.05) is 12.8 Å². The van der Waals surface area contributed by atoms with Gasteiger partial charge in [-0.15, -0.1) is 0 Å². The number of rotatable bonds is 5. The first-order valence-electron chi connectivity index (χ1n) is 6.85. The highest BCUT2D eigenvalue weighted by molar-refractivity contribution is 8.00. The minimum atomic E-state index is -0.781. The van der Waals surface area contributed by atoms with Gasteiger partial charge in [0.2, 0.25) is 0 Å². The lowest BCUT2D eigenvalue weighted by molar-refractivity contribution is 0.379. The Labute approximate surface area is 118 Å². The number of hydrogen-bond acceptors (Lipinski definition) is 2. The normalized spacial score (nSPS) is 18.5. The molecular weight excluding hydrogens is 264 g/mol. The van der Waals surface area contributed by atoms with Crippen LogP contribution >= 0.6 is 11.8 Å². The van der Waals surface area contributed by atoms with E-state index in [0.29, 0.717) is 11.3 Å². The van der Waals surface area contributed by atoms with Crippen molar-refractivity contribution in [3.8, 4) is 0 Å². The van der Waals surface area contributed by atoms with E-state index in [1.807, 2.05) is 11.8 Å². The fourth-order valence-corrected chi connectivity index (χ4v) is 3.68. The number of nitrogens with one attached hydrogen (secondary N) is 1. The van der Waals surface area contributed by atoms with Crippen molar-refractivity contribution in [1.29, 1.82) is 0 Å². The van der Waals surface area contributed by atoms with Gasteiger partial charge in [-0.1, -0.05) is 25.3 Å². The van der Waals surface area contributed by atoms with E-state index < -0.39 is 11.6 Å². The zero-order chi connectivity index (χ0) is 13.7. The zero-order valence-electron chi connectivity index (χ0n) is 11.3. The molecule has 19 heavy (non-hydrogen) atoms. The molecule has 0 saturated heterocycles. The Bertz CT molecular complexity index is 417. The third kappa shape index (κ3) is 3.93. The van der Waals surface area contributed by atoms with Crippen LogP contribution in [0.4, 0.5) is 8.78 Å². The Morgan fingerprint density at radius 3 is 2.53 bits per heavy atom. The highest BCUT2D eigenvalue weighted by Gasteiger charge is 2.30. The van der Waals surface area contributed by atoms with Gasteiger partial charge in [0, 0.05) is 17.8 Å². The quantitative estimate of drug-likeness (QED) is 0.873. The Balaban J connectivity index is 1.86. The van der Waals surface area contributed by atoms with Crippen LogP contribution in [0.5, 0.6) is 0 Å². The van der Waals surface area contributed by atoms with Crippen molar-refractivity contribution >= 4 is 11.8 Å². The monoisotopic (exact) mass is 285 g/mol. The molecule has 2 rings (SSSR count). The summed E-state index contributed by atoms with van der Waals surface area (Å²) in [4.78, 5) is 0. The average Bonchev–Trinajstić information content (AvgIpc) is 2.44. The molecule has 1 aliphatic rings. The maximum atomic E-state index is 13.1. The fraction of sp³-hybridized carbons (Fsp3) is 0.600. The van der Waals surface area contributed by atoms with Gasteiger partial charge in [0.15, 0.2) is 11.6 Å². The molecule has 106 valence electrons. The molecule has 4 heteroatoms. The third-order valence-corrected chi connectivity index (χ3v) is 5.38. The van der Waals surface area contributed by atoms with E-state index in [-0.39, 0.29) is 0 Å². The molecule has 0 heterocycles. The summed E-state index contributed by atoms with van der Waals surface area (Å²) in [6.07, 6.45) is 8.61. The summed E-state index contributed by atoms with van der Waals surface area (Å²) < 4.78 is 26.3. The first-order valence-corrected chi connectivity index (χ1v) is 8.07. The average molecular weight is 285 g/mol. The second-order valence-electron chi connectivity index (χ2n) is 5.30. The molecule has 0 bridgehead atoms. The highest BCUT2D eigenvalue weighted by atomic mass is 32.2. The molecule has 1 nitrogen and oxygen atoms in total. The van der Waals surface area contributed by atoms with Gasteiger partial charge < -0.3 is 5.32 Å². The summed E-state index contributed by atoms with van der Waals surface area (Å²) in [6.45, 7) is 1.53. The maximum Gasteiger partial charge on any atom is 0.159 e. The zero-order valence-corrected chi connectivity index (χ0v) is 12.2. The summed E-state index contributed by atoms with van der Waals surface area (Å²) in [5.74, 6) is -1.55. The van der Waals surface area contributed by atoms with Crippen LogP contribution in [0.2, 0.25) is 0 Å². The predicted octanol–water partition coefficient (Wildman–Crippen LogP) is 4.12. The molecule has 1 N–H and O–H groups in total. The van der Waals surface area contributed by atoms with Crippen LogP contribution in [-0.2, 0) is 6.54 Å². The van der Waals surface area contributed by atoms with Crippen LogP contribution in [0.25, 0.3) is 0 Å². The summed E-state index contributed by atoms with van der Waals surface area (Å²) >= 11 is 1.94. The van der Waals surface area contributed by atoms with Gasteiger partial charge in [-0.2, -0.15) is 11.8 Å². The number of halogens is 2. The molecule has 0 atom stereocenters. The molecule has 1 aromatic carbocycles. The van der Waals surface area contributed by atoms with E-state index >= 15 is 0 Å². The summed E-state index contributed by atoms with van der Waals surface area (Å²) in [5, 5.41) is 3.40. The van der Waals surface area contributed by atoms with Crippen molar-refractivity contribution in [2.45, 2.75) is 43.4 Å². The lowest BCUT2D eigenvalue weighted by atomic mass is 9.88. The van der Waals surface area contributed by atoms with E-state index in [1.165, 1.54) is 44.2 Å². The molecule has 1 saturated carbocycles. The third-order valence-electron chi connectivity index (χ3n) is 3.96. The van der Waals surface area contributed by atoms with Gasteiger partial charge in [0.05, 0.1) is 0 Å². The van der Waals surface area contributed by atoms with Gasteiger partial charge in [-0.05, 0) is 36.8 Å². The van der Waals surface area contributed by atoms with Crippen molar-refractivity contribution in [3.63, 3.8) is 0 Å². The van der Waals surface area contributed by atoms with Crippen LogP contribution in [-0.4, -0.2) is 17.5 Å². The van der Waals surface area contributed by atoms with Gasteiger partial charge >= 0.3 is 0 Å². The summed E-state index contributed by atoms with van der Waals surface area (Å²) in [6, 6.07) is 4.10. The number of thioether (sulfide) groups is 1. The van der Waals surface area contributed by atoms with E-state index in [0.717, 1.165) is 12.1 Å². The van der Waals surface area contributed by atoms with E-state index in [2.05, 4.69) is 11.6 Å². The maximum absolute atomic E-state index is 13.1. The molecule has 1 fully saturated rings. The Kier molecular flexibility index (Phi) is 5.22. The second kappa shape index (κ2) is 6.71. The Morgan fingerprint density at radius 2 is 1.89 bits per heavy atom. The van der Waals surface area contributed by atoms with Crippen LogP contribution in [0.15, 0.2) is 18.2 Å². The van der Waals surface area contributed by atoms with Crippen LogP contribution in [0, 0.1) is 11.6 Å². The van der Waals surface area contributed by atoms with E-state index in [4.69, 9.17) is 0 Å². The first kappa shape index (κ1) is 14.8. The second-order valence-corrected chi connectivity index (χ2v) is 6.57. The van der Waals surface area contributed by atoms with Crippen molar-refractivity contribution < 1.29 is 8.78 Å². The SMILES string of the molecule is CSC1(CNCc2ccc(F)c(F)c2)CCCCC1. The number of benzene rings is 1. The van der Waals surface area contributed by atoms with Crippen LogP contribution in [0.3, 0.4) is 0 Å². The smallest absolute Gasteiger partial charge is 0.159 e. The molecule has 1 aliphatic carbocycles. The minimum absolute atomic E-state index is 0.330. The van der Waals surface area contributed by atoms with E-state index in [1.54, 1.807) is 6.07 Å². The first-order chi connectivity index (χ1) is 9.15. The lowest BCUT2D eigenvalue weighted by Gasteiger charge is -2.36. The lowest BCUT2D eigenvalue weighted by Crippen LogP contribution is -2.39. The van der Waals surface area contributed by atoms with Crippen molar-refractivity contribution in [3.05, 3.63) is 35.4 Å². The van der Waals surface area contributed by atoms with Crippen LogP contribution in [0.1, 0.15) is 37.7 Å². The molecule has 0 spiro atoms. The Hall–Kier alpha value is -0.610. The van der Waals surface area contributed by atoms with Gasteiger partial charge in [0.1, 0.15) is 0 Å². The number of hydrogen-bond donors (Lipinski definition) is 1. The molecule has 0 unspecified atom stereocenters. The van der Waals surface area contributed by atoms with Crippen molar-refractivity contribution in [1.82, 2.24) is 5.32 Å². The summed E-state index contributed by atoms with van der Waals surface area (Å²) in [5.41, 5.74) is 0.797. The van der Waals surface area contributed by atoms with E-state index in [9.17, 15) is 8.78 Å². The topological polar surface area (TPSA) is 12.0 Å². The van der Waals surface area contributed by atoms with Gasteiger partial charge in [-0.3, -0.25) is 0 Å². The largest absolute Gasteiger partial charge is 0.311 e. The Morgan fingerprint density at radius 1 is 1.16 bits per heavy atom. The standard InChI is InChI=1S/C15H21F2NS/c1-19-15(7-3-2-4-8-15)11-18-10-12-5-6-13(16)14(17)9-12/h5-6,9,18H,2-4,7-8,10-11H2,1H3. The molecular formula is C15H21F2NS.